The number of rotatable bonds is 8. The van der Waals surface area contributed by atoms with Crippen molar-refractivity contribution in [2.75, 3.05) is 18.0 Å². The van der Waals surface area contributed by atoms with Gasteiger partial charge in [-0.3, -0.25) is 9.69 Å². The Labute approximate surface area is 171 Å². The average Bonchev–Trinajstić information content (AvgIpc) is 2.92. The van der Waals surface area contributed by atoms with E-state index in [1.54, 1.807) is 0 Å². The Bertz CT molecular complexity index is 658. The number of hydrogen-bond donors (Lipinski definition) is 0. The summed E-state index contributed by atoms with van der Waals surface area (Å²) in [6.45, 7) is 6.67. The van der Waals surface area contributed by atoms with E-state index in [1.165, 1.54) is 56.9 Å². The monoisotopic (exact) mass is 382 g/mol. The molecule has 2 saturated heterocycles. The fourth-order valence-electron chi connectivity index (χ4n) is 6.03. The number of para-hydroxylation sites is 1. The van der Waals surface area contributed by atoms with Crippen molar-refractivity contribution < 1.29 is 4.79 Å². The summed E-state index contributed by atoms with van der Waals surface area (Å²) < 4.78 is 0. The molecule has 1 amide bonds. The number of hydrogen-bond acceptors (Lipinski definition) is 2. The first-order chi connectivity index (χ1) is 13.7. The first-order valence-electron chi connectivity index (χ1n) is 11.8. The zero-order valence-corrected chi connectivity index (χ0v) is 17.9. The van der Waals surface area contributed by atoms with Crippen LogP contribution in [0, 0.1) is 11.8 Å². The molecule has 28 heavy (non-hydrogen) atoms. The third-order valence-corrected chi connectivity index (χ3v) is 7.41. The van der Waals surface area contributed by atoms with Crippen LogP contribution in [0.1, 0.15) is 77.2 Å². The van der Waals surface area contributed by atoms with Crippen molar-refractivity contribution in [2.24, 2.45) is 11.8 Å². The number of amides is 1. The summed E-state index contributed by atoms with van der Waals surface area (Å²) in [6, 6.07) is 10.1. The highest BCUT2D eigenvalue weighted by Crippen LogP contribution is 2.41. The van der Waals surface area contributed by atoms with Gasteiger partial charge < -0.3 is 4.90 Å². The lowest BCUT2D eigenvalue weighted by molar-refractivity contribution is -0.119. The molecule has 4 atom stereocenters. The summed E-state index contributed by atoms with van der Waals surface area (Å²) in [5, 5.41) is 0. The van der Waals surface area contributed by atoms with Gasteiger partial charge in [0.25, 0.3) is 0 Å². The number of nitrogens with zero attached hydrogens (tertiary/aromatic N) is 2. The first kappa shape index (κ1) is 19.9. The van der Waals surface area contributed by atoms with Gasteiger partial charge in [-0.2, -0.15) is 0 Å². The lowest BCUT2D eigenvalue weighted by atomic mass is 9.86. The third kappa shape index (κ3) is 4.30. The minimum atomic E-state index is 0.308. The Morgan fingerprint density at radius 3 is 2.54 bits per heavy atom. The van der Waals surface area contributed by atoms with Gasteiger partial charge in [0.1, 0.15) is 0 Å². The summed E-state index contributed by atoms with van der Waals surface area (Å²) in [6.07, 6.45) is 12.8. The lowest BCUT2D eigenvalue weighted by Gasteiger charge is -2.41. The number of anilines is 1. The van der Waals surface area contributed by atoms with Crippen molar-refractivity contribution in [3.63, 3.8) is 0 Å². The minimum Gasteiger partial charge on any atom is -0.312 e. The van der Waals surface area contributed by atoms with Gasteiger partial charge in [0.2, 0.25) is 5.91 Å². The number of benzene rings is 1. The zero-order chi connectivity index (χ0) is 19.5. The average molecular weight is 383 g/mol. The van der Waals surface area contributed by atoms with Gasteiger partial charge in [0.15, 0.2) is 0 Å². The number of carbonyl (C=O) groups excluding carboxylic acids is 1. The predicted octanol–water partition coefficient (Wildman–Crippen LogP) is 5.43. The maximum absolute atomic E-state index is 12.6. The van der Waals surface area contributed by atoms with Crippen molar-refractivity contribution in [1.82, 2.24) is 4.90 Å². The van der Waals surface area contributed by atoms with E-state index in [1.807, 2.05) is 0 Å². The first-order valence-corrected chi connectivity index (χ1v) is 11.8. The fourth-order valence-corrected chi connectivity index (χ4v) is 6.03. The molecule has 3 heteroatoms. The highest BCUT2D eigenvalue weighted by molar-refractivity contribution is 5.96. The molecule has 1 aromatic carbocycles. The molecule has 2 bridgehead atoms. The van der Waals surface area contributed by atoms with Gasteiger partial charge in [-0.15, -0.1) is 0 Å². The molecule has 2 fully saturated rings. The topological polar surface area (TPSA) is 23.6 Å². The van der Waals surface area contributed by atoms with Crippen LogP contribution in [0.5, 0.6) is 0 Å². The summed E-state index contributed by atoms with van der Waals surface area (Å²) in [5.74, 6) is 1.80. The Morgan fingerprint density at radius 1 is 1.04 bits per heavy atom. The molecule has 3 aliphatic heterocycles. The van der Waals surface area contributed by atoms with E-state index >= 15 is 0 Å². The zero-order valence-electron chi connectivity index (χ0n) is 17.9. The molecule has 0 spiro atoms. The molecule has 0 radical (unpaired) electrons. The largest absolute Gasteiger partial charge is 0.312 e. The highest BCUT2D eigenvalue weighted by Gasteiger charge is 2.40. The summed E-state index contributed by atoms with van der Waals surface area (Å²) >= 11 is 0. The fraction of sp³-hybridized carbons (Fsp3) is 0.720. The van der Waals surface area contributed by atoms with E-state index in [2.05, 4.69) is 47.9 Å². The van der Waals surface area contributed by atoms with Gasteiger partial charge >= 0.3 is 0 Å². The minimum absolute atomic E-state index is 0.308. The van der Waals surface area contributed by atoms with Crippen LogP contribution < -0.4 is 4.90 Å². The van der Waals surface area contributed by atoms with Crippen LogP contribution in [-0.4, -0.2) is 36.0 Å². The van der Waals surface area contributed by atoms with Crippen LogP contribution in [0.25, 0.3) is 0 Å². The molecule has 3 heterocycles. The van der Waals surface area contributed by atoms with E-state index in [-0.39, 0.29) is 0 Å². The van der Waals surface area contributed by atoms with Crippen molar-refractivity contribution in [1.29, 1.82) is 0 Å². The smallest absolute Gasteiger partial charge is 0.227 e. The molecule has 4 rings (SSSR count). The standard InChI is InChI=1S/C25H38N2O/c1-3-4-5-8-20-15-22-12-13-23(16-20)26(22)17-19(2)18-27-24-10-7-6-9-21(24)11-14-25(27)28/h6-7,9-10,19-20,22-23H,3-5,8,11-18H2,1-2H3/t19?,20?,22-,23+. The summed E-state index contributed by atoms with van der Waals surface area (Å²) in [4.78, 5) is 17.5. The van der Waals surface area contributed by atoms with Crippen molar-refractivity contribution in [3.8, 4) is 0 Å². The maximum atomic E-state index is 12.6. The van der Waals surface area contributed by atoms with Crippen molar-refractivity contribution >= 4 is 11.6 Å². The molecule has 3 nitrogen and oxygen atoms in total. The van der Waals surface area contributed by atoms with Crippen LogP contribution >= 0.6 is 0 Å². The van der Waals surface area contributed by atoms with Crippen LogP contribution in [0.15, 0.2) is 24.3 Å². The van der Waals surface area contributed by atoms with E-state index in [9.17, 15) is 4.79 Å². The van der Waals surface area contributed by atoms with E-state index in [0.717, 1.165) is 43.2 Å². The van der Waals surface area contributed by atoms with Gasteiger partial charge in [-0.1, -0.05) is 57.7 Å². The summed E-state index contributed by atoms with van der Waals surface area (Å²) in [5.41, 5.74) is 2.49. The molecule has 0 aromatic heterocycles. The highest BCUT2D eigenvalue weighted by atomic mass is 16.2. The molecular formula is C25H38N2O. The number of aryl methyl sites for hydroxylation is 1. The summed E-state index contributed by atoms with van der Waals surface area (Å²) in [7, 11) is 0. The molecule has 3 aliphatic rings. The van der Waals surface area contributed by atoms with E-state index in [0.29, 0.717) is 18.2 Å². The second-order valence-electron chi connectivity index (χ2n) is 9.65. The molecule has 0 N–H and O–H groups in total. The molecule has 1 aromatic rings. The molecule has 154 valence electrons. The van der Waals surface area contributed by atoms with Crippen LogP contribution in [0.4, 0.5) is 5.69 Å². The Morgan fingerprint density at radius 2 is 1.79 bits per heavy atom. The van der Waals surface area contributed by atoms with E-state index in [4.69, 9.17) is 0 Å². The second kappa shape index (κ2) is 8.98. The lowest BCUT2D eigenvalue weighted by Crippen LogP contribution is -2.47. The quantitative estimate of drug-likeness (QED) is 0.560. The number of piperidine rings is 1. The molecule has 2 unspecified atom stereocenters. The number of fused-ring (bicyclic) bond motifs is 3. The molecule has 0 saturated carbocycles. The van der Waals surface area contributed by atoms with Crippen LogP contribution in [0.3, 0.4) is 0 Å². The van der Waals surface area contributed by atoms with Gasteiger partial charge in [0.05, 0.1) is 0 Å². The predicted molar refractivity (Wildman–Crippen MR) is 117 cm³/mol. The number of carbonyl (C=O) groups is 1. The Hall–Kier alpha value is -1.35. The number of unbranched alkanes of at least 4 members (excludes halogenated alkanes) is 2. The Kier molecular flexibility index (Phi) is 6.40. The third-order valence-electron chi connectivity index (χ3n) is 7.41. The van der Waals surface area contributed by atoms with Gasteiger partial charge in [0, 0.05) is 37.3 Å². The molecule has 0 aliphatic carbocycles. The second-order valence-corrected chi connectivity index (χ2v) is 9.65. The van der Waals surface area contributed by atoms with Gasteiger partial charge in [-0.25, -0.2) is 0 Å². The Balaban J connectivity index is 1.34. The van der Waals surface area contributed by atoms with Crippen LogP contribution in [0.2, 0.25) is 0 Å². The normalized spacial score (nSPS) is 28.4. The van der Waals surface area contributed by atoms with Crippen molar-refractivity contribution in [3.05, 3.63) is 29.8 Å². The molecular weight excluding hydrogens is 344 g/mol. The van der Waals surface area contributed by atoms with Crippen molar-refractivity contribution in [2.45, 2.75) is 90.1 Å². The van der Waals surface area contributed by atoms with E-state index < -0.39 is 0 Å². The van der Waals surface area contributed by atoms with Gasteiger partial charge in [-0.05, 0) is 55.6 Å². The SMILES string of the molecule is CCCCCC1C[C@H]2CC[C@@H](C1)N2CC(C)CN1C(=O)CCc2ccccc21. The van der Waals surface area contributed by atoms with Crippen LogP contribution in [-0.2, 0) is 11.2 Å². The maximum Gasteiger partial charge on any atom is 0.227 e.